The Labute approximate surface area is 133 Å². The third-order valence-corrected chi connectivity index (χ3v) is 4.16. The molecule has 4 nitrogen and oxygen atoms in total. The Kier molecular flexibility index (Phi) is 5.14. The molecule has 1 heterocycles. The number of carbonyl (C=O) groups is 1. The minimum absolute atomic E-state index is 0.228. The first kappa shape index (κ1) is 15.0. The first-order chi connectivity index (χ1) is 9.58. The molecule has 20 heavy (non-hydrogen) atoms. The van der Waals surface area contributed by atoms with Crippen LogP contribution >= 0.6 is 31.9 Å². The van der Waals surface area contributed by atoms with Crippen LogP contribution in [0.4, 0.5) is 10.5 Å². The maximum absolute atomic E-state index is 11.8. The quantitative estimate of drug-likeness (QED) is 0.816. The summed E-state index contributed by atoms with van der Waals surface area (Å²) in [5.74, 6) is 0. The summed E-state index contributed by atoms with van der Waals surface area (Å²) in [5.41, 5.74) is 2.33. The smallest absolute Gasteiger partial charge is 0.412 e. The van der Waals surface area contributed by atoms with Crippen LogP contribution in [0, 0.1) is 6.92 Å². The summed E-state index contributed by atoms with van der Waals surface area (Å²) in [6.45, 7) is 2.07. The molecule has 0 saturated carbocycles. The number of nitrogens with one attached hydrogen (secondary N) is 1. The van der Waals surface area contributed by atoms with Crippen LogP contribution in [0.5, 0.6) is 0 Å². The fraction of sp³-hybridized carbons (Fsp3) is 0.143. The molecule has 1 aromatic heterocycles. The number of amides is 1. The molecule has 104 valence electrons. The van der Waals surface area contributed by atoms with E-state index in [1.165, 1.54) is 0 Å². The van der Waals surface area contributed by atoms with Crippen molar-refractivity contribution in [2.24, 2.45) is 0 Å². The van der Waals surface area contributed by atoms with Gasteiger partial charge in [0.1, 0.15) is 6.61 Å². The summed E-state index contributed by atoms with van der Waals surface area (Å²) >= 11 is 6.74. The number of aryl methyl sites for hydroxylation is 1. The average Bonchev–Trinajstić information content (AvgIpc) is 2.46. The Balaban J connectivity index is 2.00. The van der Waals surface area contributed by atoms with Crippen LogP contribution in [0.2, 0.25) is 0 Å². The van der Waals surface area contributed by atoms with E-state index in [1.54, 1.807) is 6.20 Å². The number of nitrogens with zero attached hydrogens (tertiary/aromatic N) is 1. The van der Waals surface area contributed by atoms with E-state index in [2.05, 4.69) is 42.2 Å². The summed E-state index contributed by atoms with van der Waals surface area (Å²) in [7, 11) is 0. The van der Waals surface area contributed by atoms with Crippen molar-refractivity contribution in [3.63, 3.8) is 0 Å². The lowest BCUT2D eigenvalue weighted by Gasteiger charge is -2.11. The molecule has 2 rings (SSSR count). The molecule has 0 radical (unpaired) electrons. The predicted octanol–water partition coefficient (Wildman–Crippen LogP) is 4.66. The van der Waals surface area contributed by atoms with E-state index in [9.17, 15) is 4.79 Å². The normalized spacial score (nSPS) is 10.2. The van der Waals surface area contributed by atoms with E-state index in [0.29, 0.717) is 10.2 Å². The number of anilines is 1. The minimum Gasteiger partial charge on any atom is -0.444 e. The molecule has 2 aromatic rings. The summed E-state index contributed by atoms with van der Waals surface area (Å²) in [4.78, 5) is 16.0. The number of ether oxygens (including phenoxy) is 1. The van der Waals surface area contributed by atoms with Crippen molar-refractivity contribution in [1.82, 2.24) is 4.98 Å². The lowest BCUT2D eigenvalue weighted by molar-refractivity contribution is 0.155. The van der Waals surface area contributed by atoms with Gasteiger partial charge in [0, 0.05) is 6.20 Å². The molecule has 0 unspecified atom stereocenters. The van der Waals surface area contributed by atoms with E-state index in [0.717, 1.165) is 15.7 Å². The van der Waals surface area contributed by atoms with Crippen LogP contribution in [0.3, 0.4) is 0 Å². The van der Waals surface area contributed by atoms with Gasteiger partial charge in [0.2, 0.25) is 0 Å². The van der Waals surface area contributed by atoms with Gasteiger partial charge in [-0.3, -0.25) is 10.3 Å². The Morgan fingerprint density at radius 1 is 1.30 bits per heavy atom. The summed E-state index contributed by atoms with van der Waals surface area (Å²) < 4.78 is 6.58. The van der Waals surface area contributed by atoms with E-state index in [1.807, 2.05) is 37.3 Å². The van der Waals surface area contributed by atoms with Crippen LogP contribution < -0.4 is 5.32 Å². The molecule has 6 heteroatoms. The van der Waals surface area contributed by atoms with Crippen molar-refractivity contribution in [2.75, 3.05) is 5.32 Å². The van der Waals surface area contributed by atoms with Gasteiger partial charge in [0.05, 0.1) is 20.3 Å². The SMILES string of the molecule is Cc1ncc(Br)c(NC(=O)OCc2ccccc2)c1Br. The lowest BCUT2D eigenvalue weighted by Crippen LogP contribution is -2.14. The van der Waals surface area contributed by atoms with E-state index in [-0.39, 0.29) is 6.61 Å². The first-order valence-corrected chi connectivity index (χ1v) is 7.45. The monoisotopic (exact) mass is 398 g/mol. The second-order valence-corrected chi connectivity index (χ2v) is 5.71. The largest absolute Gasteiger partial charge is 0.444 e. The Bertz CT molecular complexity index is 618. The van der Waals surface area contributed by atoms with Gasteiger partial charge in [-0.25, -0.2) is 4.79 Å². The van der Waals surface area contributed by atoms with Gasteiger partial charge in [0.25, 0.3) is 0 Å². The van der Waals surface area contributed by atoms with Gasteiger partial charge in [-0.05, 0) is 44.3 Å². The predicted molar refractivity (Wildman–Crippen MR) is 84.6 cm³/mol. The van der Waals surface area contributed by atoms with Crippen LogP contribution in [-0.2, 0) is 11.3 Å². The highest BCUT2D eigenvalue weighted by molar-refractivity contribution is 9.11. The van der Waals surface area contributed by atoms with Gasteiger partial charge in [0.15, 0.2) is 0 Å². The molecule has 1 aromatic carbocycles. The van der Waals surface area contributed by atoms with Gasteiger partial charge in [-0.2, -0.15) is 0 Å². The Morgan fingerprint density at radius 2 is 2.00 bits per heavy atom. The van der Waals surface area contributed by atoms with Crippen LogP contribution in [0.1, 0.15) is 11.3 Å². The Hall–Kier alpha value is -1.40. The van der Waals surface area contributed by atoms with Gasteiger partial charge < -0.3 is 4.74 Å². The lowest BCUT2D eigenvalue weighted by atomic mass is 10.2. The molecule has 0 atom stereocenters. The first-order valence-electron chi connectivity index (χ1n) is 5.86. The number of pyridine rings is 1. The number of carbonyl (C=O) groups excluding carboxylic acids is 1. The third kappa shape index (κ3) is 3.80. The van der Waals surface area contributed by atoms with Crippen LogP contribution in [-0.4, -0.2) is 11.1 Å². The highest BCUT2D eigenvalue weighted by Crippen LogP contribution is 2.32. The second-order valence-electron chi connectivity index (χ2n) is 4.07. The van der Waals surface area contributed by atoms with Crippen molar-refractivity contribution in [2.45, 2.75) is 13.5 Å². The molecule has 0 aliphatic rings. The number of benzene rings is 1. The molecule has 1 amide bonds. The highest BCUT2D eigenvalue weighted by atomic mass is 79.9. The molecule has 0 aliphatic carbocycles. The maximum atomic E-state index is 11.8. The van der Waals surface area contributed by atoms with Crippen molar-refractivity contribution in [3.8, 4) is 0 Å². The van der Waals surface area contributed by atoms with Crippen molar-refractivity contribution in [1.29, 1.82) is 0 Å². The maximum Gasteiger partial charge on any atom is 0.412 e. The zero-order valence-corrected chi connectivity index (χ0v) is 13.9. The van der Waals surface area contributed by atoms with Gasteiger partial charge in [-0.1, -0.05) is 30.3 Å². The topological polar surface area (TPSA) is 51.2 Å². The molecular formula is C14H12Br2N2O2. The van der Waals surface area contributed by atoms with Gasteiger partial charge in [-0.15, -0.1) is 0 Å². The second kappa shape index (κ2) is 6.85. The zero-order valence-electron chi connectivity index (χ0n) is 10.7. The highest BCUT2D eigenvalue weighted by Gasteiger charge is 2.12. The van der Waals surface area contributed by atoms with Crippen molar-refractivity contribution >= 4 is 43.6 Å². The number of halogens is 2. The van der Waals surface area contributed by atoms with Crippen molar-refractivity contribution in [3.05, 3.63) is 56.7 Å². The molecule has 0 saturated heterocycles. The number of rotatable bonds is 3. The molecule has 0 aliphatic heterocycles. The minimum atomic E-state index is -0.513. The van der Waals surface area contributed by atoms with Crippen LogP contribution in [0.25, 0.3) is 0 Å². The molecule has 0 bridgehead atoms. The molecule has 1 N–H and O–H groups in total. The number of hydrogen-bond acceptors (Lipinski definition) is 3. The number of aromatic nitrogens is 1. The number of hydrogen-bond donors (Lipinski definition) is 1. The van der Waals surface area contributed by atoms with Crippen molar-refractivity contribution < 1.29 is 9.53 Å². The fourth-order valence-corrected chi connectivity index (χ4v) is 2.62. The zero-order chi connectivity index (χ0) is 14.5. The van der Waals surface area contributed by atoms with E-state index in [4.69, 9.17) is 4.74 Å². The van der Waals surface area contributed by atoms with E-state index >= 15 is 0 Å². The standard InChI is InChI=1S/C14H12Br2N2O2/c1-9-12(16)13(11(15)7-17-9)18-14(19)20-8-10-5-3-2-4-6-10/h2-7H,8H2,1H3,(H,17,18,19). The van der Waals surface area contributed by atoms with E-state index < -0.39 is 6.09 Å². The summed E-state index contributed by atoms with van der Waals surface area (Å²) in [6, 6.07) is 9.51. The molecule has 0 fully saturated rings. The average molecular weight is 400 g/mol. The fourth-order valence-electron chi connectivity index (χ4n) is 1.54. The Morgan fingerprint density at radius 3 is 2.70 bits per heavy atom. The summed E-state index contributed by atoms with van der Waals surface area (Å²) in [5, 5.41) is 2.69. The summed E-state index contributed by atoms with van der Waals surface area (Å²) in [6.07, 6.45) is 1.12. The van der Waals surface area contributed by atoms with Crippen LogP contribution in [0.15, 0.2) is 45.5 Å². The molecular weight excluding hydrogens is 388 g/mol. The third-order valence-electron chi connectivity index (χ3n) is 2.59. The molecule has 0 spiro atoms. The van der Waals surface area contributed by atoms with Gasteiger partial charge >= 0.3 is 6.09 Å².